The summed E-state index contributed by atoms with van der Waals surface area (Å²) >= 11 is 0. The van der Waals surface area contributed by atoms with Crippen LogP contribution in [0.5, 0.6) is 0 Å². The van der Waals surface area contributed by atoms with Crippen LogP contribution in [0.1, 0.15) is 27.2 Å². The lowest BCUT2D eigenvalue weighted by atomic mass is 10.2. The lowest BCUT2D eigenvalue weighted by Crippen LogP contribution is -2.40. The highest BCUT2D eigenvalue weighted by Gasteiger charge is 2.36. The minimum absolute atomic E-state index is 0.252. The van der Waals surface area contributed by atoms with Gasteiger partial charge in [-0.2, -0.15) is 5.26 Å². The minimum Gasteiger partial charge on any atom is -0.416 e. The molecule has 0 heterocycles. The van der Waals surface area contributed by atoms with E-state index in [4.69, 9.17) is 9.69 Å². The first-order chi connectivity index (χ1) is 5.31. The predicted molar refractivity (Wildman–Crippen MR) is 53.4 cm³/mol. The number of rotatable bonds is 3. The van der Waals surface area contributed by atoms with Crippen molar-refractivity contribution in [2.75, 3.05) is 6.61 Å². The monoisotopic (exact) mass is 185 g/mol. The molecule has 0 fully saturated rings. The second kappa shape index (κ2) is 4.06. The highest BCUT2D eigenvalue weighted by atomic mass is 28.4. The molecule has 12 heavy (non-hydrogen) atoms. The van der Waals surface area contributed by atoms with Crippen LogP contribution < -0.4 is 0 Å². The van der Waals surface area contributed by atoms with Gasteiger partial charge in [0.25, 0.3) is 0 Å². The molecule has 0 aromatic heterocycles. The predicted octanol–water partition coefficient (Wildman–Crippen LogP) is 2.92. The molecular formula is C9H19NOSi. The number of hydrogen-bond donors (Lipinski definition) is 0. The molecule has 0 aromatic rings. The maximum atomic E-state index is 8.35. The number of nitrogens with zero attached hydrogens (tertiary/aromatic N) is 1. The SMILES string of the molecule is CC(C)(C)[Si](C)(C)OCCC#N. The summed E-state index contributed by atoms with van der Waals surface area (Å²) in [6, 6.07) is 2.09. The highest BCUT2D eigenvalue weighted by Crippen LogP contribution is 2.36. The molecule has 3 heteroatoms. The molecule has 0 aliphatic rings. The van der Waals surface area contributed by atoms with Crippen LogP contribution in [0.3, 0.4) is 0 Å². The van der Waals surface area contributed by atoms with Crippen molar-refractivity contribution >= 4 is 8.32 Å². The third kappa shape index (κ3) is 3.38. The van der Waals surface area contributed by atoms with Gasteiger partial charge in [-0.1, -0.05) is 20.8 Å². The van der Waals surface area contributed by atoms with Crippen LogP contribution >= 0.6 is 0 Å². The van der Waals surface area contributed by atoms with Crippen LogP contribution in [0.4, 0.5) is 0 Å². The summed E-state index contributed by atoms with van der Waals surface area (Å²) in [6.07, 6.45) is 0.506. The fourth-order valence-corrected chi connectivity index (χ4v) is 1.61. The Morgan fingerprint density at radius 3 is 2.17 bits per heavy atom. The molecule has 0 radical (unpaired) electrons. The summed E-state index contributed by atoms with van der Waals surface area (Å²) in [5.74, 6) is 0. The van der Waals surface area contributed by atoms with Crippen LogP contribution in [0, 0.1) is 11.3 Å². The molecular weight excluding hydrogens is 166 g/mol. The van der Waals surface area contributed by atoms with E-state index < -0.39 is 8.32 Å². The van der Waals surface area contributed by atoms with Gasteiger partial charge >= 0.3 is 0 Å². The molecule has 0 atom stereocenters. The van der Waals surface area contributed by atoms with Gasteiger partial charge in [-0.15, -0.1) is 0 Å². The Bertz CT molecular complexity index is 176. The maximum absolute atomic E-state index is 8.35. The van der Waals surface area contributed by atoms with Gasteiger partial charge in [-0.05, 0) is 18.1 Å². The van der Waals surface area contributed by atoms with E-state index >= 15 is 0 Å². The Hall–Kier alpha value is -0.333. The van der Waals surface area contributed by atoms with Crippen molar-refractivity contribution in [2.24, 2.45) is 0 Å². The lowest BCUT2D eigenvalue weighted by molar-refractivity contribution is 0.296. The van der Waals surface area contributed by atoms with Crippen LogP contribution in [0.15, 0.2) is 0 Å². The second-order valence-electron chi connectivity index (χ2n) is 4.52. The van der Waals surface area contributed by atoms with Gasteiger partial charge in [0, 0.05) is 6.61 Å². The van der Waals surface area contributed by atoms with Crippen molar-refractivity contribution in [1.82, 2.24) is 0 Å². The zero-order valence-corrected chi connectivity index (χ0v) is 9.77. The van der Waals surface area contributed by atoms with Crippen molar-refractivity contribution in [3.8, 4) is 6.07 Å². The first-order valence-electron chi connectivity index (χ1n) is 4.32. The molecule has 0 N–H and O–H groups in total. The molecule has 0 saturated heterocycles. The summed E-state index contributed by atoms with van der Waals surface area (Å²) in [4.78, 5) is 0. The van der Waals surface area contributed by atoms with E-state index in [1.165, 1.54) is 0 Å². The van der Waals surface area contributed by atoms with Crippen molar-refractivity contribution < 1.29 is 4.43 Å². The third-order valence-electron chi connectivity index (χ3n) is 2.48. The Kier molecular flexibility index (Phi) is 3.95. The zero-order valence-electron chi connectivity index (χ0n) is 8.77. The van der Waals surface area contributed by atoms with E-state index in [2.05, 4.69) is 39.9 Å². The summed E-state index contributed by atoms with van der Waals surface area (Å²) in [5, 5.41) is 8.60. The standard InChI is InChI=1S/C9H19NOSi/c1-9(2,3)12(4,5)11-8-6-7-10/h6,8H2,1-5H3. The summed E-state index contributed by atoms with van der Waals surface area (Å²) in [6.45, 7) is 11.6. The molecule has 0 aromatic carbocycles. The van der Waals surface area contributed by atoms with Gasteiger partial charge in [-0.3, -0.25) is 0 Å². The van der Waals surface area contributed by atoms with E-state index in [0.717, 1.165) is 0 Å². The molecule has 0 aliphatic heterocycles. The molecule has 0 spiro atoms. The second-order valence-corrected chi connectivity index (χ2v) is 9.33. The number of nitriles is 1. The van der Waals surface area contributed by atoms with E-state index in [1.807, 2.05) is 0 Å². The van der Waals surface area contributed by atoms with E-state index in [1.54, 1.807) is 0 Å². The van der Waals surface area contributed by atoms with Gasteiger partial charge in [-0.25, -0.2) is 0 Å². The molecule has 0 aliphatic carbocycles. The Balaban J connectivity index is 3.98. The van der Waals surface area contributed by atoms with Gasteiger partial charge in [0.15, 0.2) is 8.32 Å². The molecule has 0 rings (SSSR count). The van der Waals surface area contributed by atoms with Crippen molar-refractivity contribution in [3.05, 3.63) is 0 Å². The summed E-state index contributed by atoms with van der Waals surface area (Å²) < 4.78 is 5.75. The highest BCUT2D eigenvalue weighted by molar-refractivity contribution is 6.74. The fourth-order valence-electron chi connectivity index (χ4n) is 0.568. The molecule has 0 bridgehead atoms. The maximum Gasteiger partial charge on any atom is 0.192 e. The summed E-state index contributed by atoms with van der Waals surface area (Å²) in [7, 11) is -1.59. The van der Waals surface area contributed by atoms with Crippen LogP contribution in [-0.2, 0) is 4.43 Å². The van der Waals surface area contributed by atoms with Crippen molar-refractivity contribution in [1.29, 1.82) is 5.26 Å². The third-order valence-corrected chi connectivity index (χ3v) is 7.02. The average Bonchev–Trinajstić information content (AvgIpc) is 1.85. The largest absolute Gasteiger partial charge is 0.416 e. The molecule has 0 unspecified atom stereocenters. The Morgan fingerprint density at radius 1 is 1.33 bits per heavy atom. The Morgan fingerprint density at radius 2 is 1.83 bits per heavy atom. The lowest BCUT2D eigenvalue weighted by Gasteiger charge is -2.35. The fraction of sp³-hybridized carbons (Fsp3) is 0.889. The topological polar surface area (TPSA) is 33.0 Å². The Labute approximate surface area is 76.7 Å². The zero-order chi connectivity index (χ0) is 9.83. The van der Waals surface area contributed by atoms with E-state index in [0.29, 0.717) is 13.0 Å². The molecule has 2 nitrogen and oxygen atoms in total. The smallest absolute Gasteiger partial charge is 0.192 e. The van der Waals surface area contributed by atoms with Gasteiger partial charge in [0.05, 0.1) is 12.5 Å². The van der Waals surface area contributed by atoms with Crippen LogP contribution in [-0.4, -0.2) is 14.9 Å². The summed E-state index contributed by atoms with van der Waals surface area (Å²) in [5.41, 5.74) is 0. The molecule has 0 amide bonds. The average molecular weight is 185 g/mol. The quantitative estimate of drug-likeness (QED) is 0.500. The normalized spacial score (nSPS) is 12.7. The first-order valence-corrected chi connectivity index (χ1v) is 7.23. The van der Waals surface area contributed by atoms with Gasteiger partial charge in [0.1, 0.15) is 0 Å². The van der Waals surface area contributed by atoms with Gasteiger partial charge in [0.2, 0.25) is 0 Å². The van der Waals surface area contributed by atoms with Crippen molar-refractivity contribution in [2.45, 2.75) is 45.3 Å². The van der Waals surface area contributed by atoms with E-state index in [9.17, 15) is 0 Å². The minimum atomic E-state index is -1.59. The number of hydrogen-bond acceptors (Lipinski definition) is 2. The van der Waals surface area contributed by atoms with Gasteiger partial charge < -0.3 is 4.43 Å². The van der Waals surface area contributed by atoms with E-state index in [-0.39, 0.29) is 5.04 Å². The molecule has 70 valence electrons. The molecule has 0 saturated carbocycles. The van der Waals surface area contributed by atoms with Crippen molar-refractivity contribution in [3.63, 3.8) is 0 Å². The van der Waals surface area contributed by atoms with Crippen LogP contribution in [0.25, 0.3) is 0 Å². The first kappa shape index (κ1) is 11.7. The van der Waals surface area contributed by atoms with Crippen LogP contribution in [0.2, 0.25) is 18.1 Å².